The van der Waals surface area contributed by atoms with Crippen LogP contribution in [0.2, 0.25) is 0 Å². The summed E-state index contributed by atoms with van der Waals surface area (Å²) in [6, 6.07) is 7.08. The second kappa shape index (κ2) is 6.91. The van der Waals surface area contributed by atoms with E-state index < -0.39 is 24.0 Å². The molecule has 140 valence electrons. The highest BCUT2D eigenvalue weighted by atomic mass is 16.5. The summed E-state index contributed by atoms with van der Waals surface area (Å²) in [6.45, 7) is 0. The van der Waals surface area contributed by atoms with Crippen LogP contribution in [0.4, 0.5) is 0 Å². The van der Waals surface area contributed by atoms with Crippen molar-refractivity contribution in [1.29, 1.82) is 0 Å². The third kappa shape index (κ3) is 3.37. The first-order valence-corrected chi connectivity index (χ1v) is 7.86. The van der Waals surface area contributed by atoms with Crippen molar-refractivity contribution in [3.63, 3.8) is 0 Å². The molecule has 0 fully saturated rings. The first-order valence-electron chi connectivity index (χ1n) is 7.86. The summed E-state index contributed by atoms with van der Waals surface area (Å²) < 4.78 is 10.8. The van der Waals surface area contributed by atoms with Crippen LogP contribution < -0.4 is 9.47 Å². The summed E-state index contributed by atoms with van der Waals surface area (Å²) >= 11 is 0. The third-order valence-corrected chi connectivity index (χ3v) is 4.22. The predicted octanol–water partition coefficient (Wildman–Crippen LogP) is 2.51. The summed E-state index contributed by atoms with van der Waals surface area (Å²) in [5.41, 5.74) is 0.993. The Morgan fingerprint density at radius 3 is 2.48 bits per heavy atom. The number of phenolic OH excluding ortho intramolecular Hbond substituents is 2. The number of phenols is 2. The maximum atomic E-state index is 11.9. The van der Waals surface area contributed by atoms with E-state index in [9.17, 15) is 24.9 Å². The second-order valence-corrected chi connectivity index (χ2v) is 5.92. The Hall–Kier alpha value is -3.68. The molecule has 0 aromatic heterocycles. The zero-order chi connectivity index (χ0) is 19.7. The van der Waals surface area contributed by atoms with Crippen LogP contribution in [0, 0.1) is 0 Å². The van der Waals surface area contributed by atoms with Crippen molar-refractivity contribution in [1.82, 2.24) is 0 Å². The SMILES string of the molecule is COc1cc([C@@H]2Oc3c(O)cc(C=CC(=O)O)cc3[C@H]2C(=O)O)ccc1O. The number of hydrogen-bond donors (Lipinski definition) is 4. The molecular weight excluding hydrogens is 356 g/mol. The molecule has 2 aromatic rings. The van der Waals surface area contributed by atoms with Gasteiger partial charge in [0.25, 0.3) is 0 Å². The molecule has 3 rings (SSSR count). The number of aromatic hydroxyl groups is 2. The molecule has 8 nitrogen and oxygen atoms in total. The van der Waals surface area contributed by atoms with Gasteiger partial charge in [-0.1, -0.05) is 6.07 Å². The Bertz CT molecular complexity index is 947. The van der Waals surface area contributed by atoms with Crippen LogP contribution in [0.1, 0.15) is 28.7 Å². The van der Waals surface area contributed by atoms with Gasteiger partial charge >= 0.3 is 11.9 Å². The largest absolute Gasteiger partial charge is 0.504 e. The number of aliphatic carboxylic acids is 2. The highest BCUT2D eigenvalue weighted by Gasteiger charge is 2.42. The molecule has 8 heteroatoms. The van der Waals surface area contributed by atoms with E-state index in [0.29, 0.717) is 11.1 Å². The highest BCUT2D eigenvalue weighted by Crippen LogP contribution is 2.51. The van der Waals surface area contributed by atoms with E-state index in [2.05, 4.69) is 0 Å². The Morgan fingerprint density at radius 2 is 1.85 bits per heavy atom. The Balaban J connectivity index is 2.07. The molecule has 2 atom stereocenters. The summed E-state index contributed by atoms with van der Waals surface area (Å²) in [4.78, 5) is 22.6. The zero-order valence-electron chi connectivity index (χ0n) is 14.1. The molecule has 1 heterocycles. The molecule has 27 heavy (non-hydrogen) atoms. The average molecular weight is 372 g/mol. The molecule has 2 aromatic carbocycles. The quantitative estimate of drug-likeness (QED) is 0.588. The van der Waals surface area contributed by atoms with Crippen LogP contribution >= 0.6 is 0 Å². The fraction of sp³-hybridized carbons (Fsp3) is 0.158. The van der Waals surface area contributed by atoms with Crippen molar-refractivity contribution >= 4 is 18.0 Å². The summed E-state index contributed by atoms with van der Waals surface area (Å²) in [7, 11) is 1.37. The van der Waals surface area contributed by atoms with Crippen molar-refractivity contribution < 1.29 is 39.5 Å². The Kier molecular flexibility index (Phi) is 4.64. The van der Waals surface area contributed by atoms with Gasteiger partial charge in [-0.2, -0.15) is 0 Å². The molecule has 0 amide bonds. The van der Waals surface area contributed by atoms with Gasteiger partial charge in [-0.25, -0.2) is 4.79 Å². The lowest BCUT2D eigenvalue weighted by Crippen LogP contribution is -2.18. The number of methoxy groups -OCH3 is 1. The summed E-state index contributed by atoms with van der Waals surface area (Å²) in [5, 5.41) is 38.4. The molecule has 1 aliphatic heterocycles. The number of carboxylic acid groups (broad SMARTS) is 2. The minimum atomic E-state index is -1.18. The molecule has 0 bridgehead atoms. The minimum Gasteiger partial charge on any atom is -0.504 e. The van der Waals surface area contributed by atoms with Crippen LogP contribution in [0.3, 0.4) is 0 Å². The van der Waals surface area contributed by atoms with Gasteiger partial charge in [0.05, 0.1) is 7.11 Å². The normalized spacial score (nSPS) is 18.1. The van der Waals surface area contributed by atoms with Gasteiger partial charge in [0, 0.05) is 11.6 Å². The van der Waals surface area contributed by atoms with Crippen LogP contribution in [0.15, 0.2) is 36.4 Å². The number of fused-ring (bicyclic) bond motifs is 1. The van der Waals surface area contributed by atoms with Crippen LogP contribution in [-0.2, 0) is 9.59 Å². The van der Waals surface area contributed by atoms with E-state index >= 15 is 0 Å². The third-order valence-electron chi connectivity index (χ3n) is 4.22. The summed E-state index contributed by atoms with van der Waals surface area (Å²) in [6.07, 6.45) is 1.17. The van der Waals surface area contributed by atoms with E-state index in [4.69, 9.17) is 14.6 Å². The zero-order valence-corrected chi connectivity index (χ0v) is 14.1. The molecule has 4 N–H and O–H groups in total. The van der Waals surface area contributed by atoms with Crippen molar-refractivity contribution in [2.75, 3.05) is 7.11 Å². The number of carboxylic acids is 2. The van der Waals surface area contributed by atoms with E-state index in [1.54, 1.807) is 0 Å². The lowest BCUT2D eigenvalue weighted by atomic mass is 9.90. The number of benzene rings is 2. The molecule has 0 aliphatic carbocycles. The van der Waals surface area contributed by atoms with Crippen molar-refractivity contribution in [3.8, 4) is 23.0 Å². The smallest absolute Gasteiger partial charge is 0.328 e. The Labute approximate surface area is 153 Å². The van der Waals surface area contributed by atoms with Gasteiger partial charge in [0.2, 0.25) is 0 Å². The van der Waals surface area contributed by atoms with Gasteiger partial charge < -0.3 is 29.9 Å². The average Bonchev–Trinajstić information content (AvgIpc) is 3.00. The standard InChI is InChI=1S/C19H16O8/c1-26-14-8-10(3-4-12(14)20)17-16(19(24)25)11-6-9(2-5-15(22)23)7-13(21)18(11)27-17/h2-8,16-17,20-21H,1H3,(H,22,23)(H,24,25)/t16-,17+/m1/s1. The van der Waals surface area contributed by atoms with Crippen LogP contribution in [0.25, 0.3) is 6.08 Å². The molecule has 0 unspecified atom stereocenters. The highest BCUT2D eigenvalue weighted by molar-refractivity contribution is 5.86. The molecule has 0 saturated carbocycles. The van der Waals surface area contributed by atoms with E-state index in [1.165, 1.54) is 43.5 Å². The maximum absolute atomic E-state index is 11.9. The minimum absolute atomic E-state index is 0.0203. The maximum Gasteiger partial charge on any atom is 0.328 e. The van der Waals surface area contributed by atoms with Gasteiger partial charge in [-0.05, 0) is 41.5 Å². The number of carbonyl (C=O) groups is 2. The number of hydrogen-bond acceptors (Lipinski definition) is 6. The molecule has 0 spiro atoms. The molecular formula is C19H16O8. The van der Waals surface area contributed by atoms with Crippen molar-refractivity contribution in [2.24, 2.45) is 0 Å². The number of rotatable bonds is 5. The van der Waals surface area contributed by atoms with Gasteiger partial charge in [-0.3, -0.25) is 4.79 Å². The fourth-order valence-electron chi connectivity index (χ4n) is 3.03. The van der Waals surface area contributed by atoms with Crippen LogP contribution in [-0.4, -0.2) is 39.5 Å². The monoisotopic (exact) mass is 372 g/mol. The lowest BCUT2D eigenvalue weighted by Gasteiger charge is -2.17. The summed E-state index contributed by atoms with van der Waals surface area (Å²) in [5.74, 6) is -3.71. The molecule has 0 radical (unpaired) electrons. The topological polar surface area (TPSA) is 134 Å². The van der Waals surface area contributed by atoms with Gasteiger partial charge in [-0.15, -0.1) is 0 Å². The molecule has 0 saturated heterocycles. The first kappa shape index (κ1) is 18.1. The van der Waals surface area contributed by atoms with Crippen LogP contribution in [0.5, 0.6) is 23.0 Å². The lowest BCUT2D eigenvalue weighted by molar-refractivity contribution is -0.140. The first-order chi connectivity index (χ1) is 12.8. The predicted molar refractivity (Wildman–Crippen MR) is 93.2 cm³/mol. The van der Waals surface area contributed by atoms with Gasteiger partial charge in [0.1, 0.15) is 12.0 Å². The molecule has 1 aliphatic rings. The fourth-order valence-corrected chi connectivity index (χ4v) is 3.03. The van der Waals surface area contributed by atoms with E-state index in [0.717, 1.165) is 6.08 Å². The Morgan fingerprint density at radius 1 is 1.11 bits per heavy atom. The van der Waals surface area contributed by atoms with Crippen molar-refractivity contribution in [3.05, 3.63) is 53.1 Å². The van der Waals surface area contributed by atoms with Crippen molar-refractivity contribution in [2.45, 2.75) is 12.0 Å². The van der Waals surface area contributed by atoms with E-state index in [1.807, 2.05) is 0 Å². The van der Waals surface area contributed by atoms with E-state index in [-0.39, 0.29) is 28.6 Å². The second-order valence-electron chi connectivity index (χ2n) is 5.92. The number of ether oxygens (including phenoxy) is 2. The van der Waals surface area contributed by atoms with Gasteiger partial charge in [0.15, 0.2) is 23.0 Å².